The van der Waals surface area contributed by atoms with Crippen LogP contribution in [0.15, 0.2) is 130 Å². The first kappa shape index (κ1) is 23.8. The molecule has 0 unspecified atom stereocenters. The highest BCUT2D eigenvalue weighted by Crippen LogP contribution is 2.46. The highest BCUT2D eigenvalue weighted by Gasteiger charge is 2.26. The van der Waals surface area contributed by atoms with E-state index in [0.717, 1.165) is 49.4 Å². The molecule has 6 aromatic carbocycles. The van der Waals surface area contributed by atoms with E-state index in [4.69, 9.17) is 8.83 Å². The summed E-state index contributed by atoms with van der Waals surface area (Å²) in [7, 11) is 0. The van der Waals surface area contributed by atoms with Crippen LogP contribution in [0.2, 0.25) is 0 Å². The summed E-state index contributed by atoms with van der Waals surface area (Å²) >= 11 is 0. The van der Waals surface area contributed by atoms with Gasteiger partial charge in [-0.25, -0.2) is 0 Å². The van der Waals surface area contributed by atoms with E-state index in [1.54, 1.807) is 0 Å². The van der Waals surface area contributed by atoms with Crippen LogP contribution >= 0.6 is 0 Å². The van der Waals surface area contributed by atoms with E-state index in [1.807, 2.05) is 121 Å². The van der Waals surface area contributed by atoms with Gasteiger partial charge in [0.05, 0.1) is 11.1 Å². The maximum absolute atomic E-state index is 10.8. The zero-order valence-electron chi connectivity index (χ0n) is 22.3. The SMILES string of the molecule is N#Cc1c(-c2ccccc2)cc(-c2cccc3c2oc2ccccc23)c(C#N)c1-c1cccc2c1oc1ccccc12. The number of nitrogens with zero attached hydrogens (tertiary/aromatic N) is 2. The third-order valence-corrected chi connectivity index (χ3v) is 8.00. The molecule has 8 aromatic rings. The number of hydrogen-bond acceptors (Lipinski definition) is 4. The molecule has 0 atom stereocenters. The maximum atomic E-state index is 10.8. The predicted molar refractivity (Wildman–Crippen MR) is 167 cm³/mol. The first-order chi connectivity index (χ1) is 20.8. The molecule has 0 aliphatic heterocycles. The van der Waals surface area contributed by atoms with Crippen LogP contribution in [0.25, 0.3) is 77.3 Å². The van der Waals surface area contributed by atoms with Gasteiger partial charge >= 0.3 is 0 Å². The fourth-order valence-electron chi connectivity index (χ4n) is 6.15. The van der Waals surface area contributed by atoms with Crippen LogP contribution in [-0.2, 0) is 0 Å². The van der Waals surface area contributed by atoms with Gasteiger partial charge in [0.1, 0.15) is 34.5 Å². The monoisotopic (exact) mass is 536 g/mol. The topological polar surface area (TPSA) is 73.9 Å². The van der Waals surface area contributed by atoms with Crippen molar-refractivity contribution >= 4 is 43.9 Å². The van der Waals surface area contributed by atoms with Gasteiger partial charge in [0, 0.05) is 49.4 Å². The van der Waals surface area contributed by atoms with Crippen molar-refractivity contribution in [2.24, 2.45) is 0 Å². The van der Waals surface area contributed by atoms with E-state index in [2.05, 4.69) is 12.1 Å². The largest absolute Gasteiger partial charge is 0.455 e. The predicted octanol–water partition coefficient (Wildman–Crippen LogP) is 10.2. The minimum absolute atomic E-state index is 0.396. The van der Waals surface area contributed by atoms with Crippen molar-refractivity contribution in [1.82, 2.24) is 0 Å². The molecule has 0 radical (unpaired) electrons. The van der Waals surface area contributed by atoms with Gasteiger partial charge in [-0.05, 0) is 23.8 Å². The van der Waals surface area contributed by atoms with Crippen molar-refractivity contribution in [3.05, 3.63) is 132 Å². The Morgan fingerprint density at radius 3 is 1.55 bits per heavy atom. The Morgan fingerprint density at radius 2 is 0.929 bits per heavy atom. The lowest BCUT2D eigenvalue weighted by molar-refractivity contribution is 0.670. The zero-order chi connectivity index (χ0) is 28.2. The summed E-state index contributed by atoms with van der Waals surface area (Å²) in [6.07, 6.45) is 0. The number of fused-ring (bicyclic) bond motifs is 6. The van der Waals surface area contributed by atoms with Gasteiger partial charge in [0.15, 0.2) is 0 Å². The van der Waals surface area contributed by atoms with Crippen LogP contribution in [0.5, 0.6) is 0 Å². The molecular weight excluding hydrogens is 516 g/mol. The Bertz CT molecular complexity index is 2430. The summed E-state index contributed by atoms with van der Waals surface area (Å²) in [5.41, 5.74) is 8.06. The normalized spacial score (nSPS) is 11.3. The smallest absolute Gasteiger partial charge is 0.143 e. The molecule has 0 fully saturated rings. The number of para-hydroxylation sites is 4. The van der Waals surface area contributed by atoms with Crippen LogP contribution in [0, 0.1) is 22.7 Å². The second-order valence-corrected chi connectivity index (χ2v) is 10.2. The third-order valence-electron chi connectivity index (χ3n) is 8.00. The van der Waals surface area contributed by atoms with Crippen LogP contribution in [0.4, 0.5) is 0 Å². The van der Waals surface area contributed by atoms with Crippen molar-refractivity contribution in [2.75, 3.05) is 0 Å². The fourth-order valence-corrected chi connectivity index (χ4v) is 6.15. The van der Waals surface area contributed by atoms with E-state index in [9.17, 15) is 10.5 Å². The second-order valence-electron chi connectivity index (χ2n) is 10.2. The molecule has 0 saturated heterocycles. The van der Waals surface area contributed by atoms with E-state index >= 15 is 0 Å². The van der Waals surface area contributed by atoms with E-state index < -0.39 is 0 Å². The molecule has 0 N–H and O–H groups in total. The van der Waals surface area contributed by atoms with Crippen molar-refractivity contribution < 1.29 is 8.83 Å². The summed E-state index contributed by atoms with van der Waals surface area (Å²) in [6.45, 7) is 0. The highest BCUT2D eigenvalue weighted by molar-refractivity contribution is 6.13. The van der Waals surface area contributed by atoms with Crippen LogP contribution < -0.4 is 0 Å². The molecule has 0 aliphatic rings. The summed E-state index contributed by atoms with van der Waals surface area (Å²) < 4.78 is 12.8. The van der Waals surface area contributed by atoms with Crippen LogP contribution in [0.3, 0.4) is 0 Å². The van der Waals surface area contributed by atoms with Crippen molar-refractivity contribution in [1.29, 1.82) is 10.5 Å². The number of furan rings is 2. The molecule has 2 aromatic heterocycles. The van der Waals surface area contributed by atoms with Gasteiger partial charge < -0.3 is 8.83 Å². The molecule has 8 rings (SSSR count). The van der Waals surface area contributed by atoms with Gasteiger partial charge in [0.2, 0.25) is 0 Å². The van der Waals surface area contributed by atoms with Crippen molar-refractivity contribution in [3.8, 4) is 45.5 Å². The molecule has 0 amide bonds. The molecule has 0 spiro atoms. The Labute approximate surface area is 240 Å². The van der Waals surface area contributed by atoms with Gasteiger partial charge in [-0.2, -0.15) is 10.5 Å². The lowest BCUT2D eigenvalue weighted by atomic mass is 9.83. The summed E-state index contributed by atoms with van der Waals surface area (Å²) in [4.78, 5) is 0. The molecule has 0 saturated carbocycles. The van der Waals surface area contributed by atoms with Crippen molar-refractivity contribution in [3.63, 3.8) is 0 Å². The molecule has 0 bridgehead atoms. The Morgan fingerprint density at radius 1 is 0.429 bits per heavy atom. The third kappa shape index (κ3) is 3.40. The second kappa shape index (κ2) is 9.24. The minimum Gasteiger partial charge on any atom is -0.455 e. The lowest BCUT2D eigenvalue weighted by Crippen LogP contribution is -1.98. The molecule has 42 heavy (non-hydrogen) atoms. The van der Waals surface area contributed by atoms with Gasteiger partial charge in [0.25, 0.3) is 0 Å². The Kier molecular flexibility index (Phi) is 5.22. The van der Waals surface area contributed by atoms with Crippen LogP contribution in [-0.4, -0.2) is 0 Å². The maximum Gasteiger partial charge on any atom is 0.143 e. The van der Waals surface area contributed by atoms with E-state index in [0.29, 0.717) is 39.0 Å². The quantitative estimate of drug-likeness (QED) is 0.225. The van der Waals surface area contributed by atoms with E-state index in [1.165, 1.54) is 0 Å². The molecular formula is C38H20N2O2. The summed E-state index contributed by atoms with van der Waals surface area (Å²) in [6, 6.07) is 44.4. The first-order valence-electron chi connectivity index (χ1n) is 13.6. The van der Waals surface area contributed by atoms with Gasteiger partial charge in [-0.3, -0.25) is 0 Å². The average Bonchev–Trinajstić information content (AvgIpc) is 3.63. The van der Waals surface area contributed by atoms with Gasteiger partial charge in [-0.15, -0.1) is 0 Å². The number of benzene rings is 6. The molecule has 2 heterocycles. The minimum atomic E-state index is 0.396. The highest BCUT2D eigenvalue weighted by atomic mass is 16.3. The first-order valence-corrected chi connectivity index (χ1v) is 13.6. The number of hydrogen-bond donors (Lipinski definition) is 0. The molecule has 4 nitrogen and oxygen atoms in total. The summed E-state index contributed by atoms with van der Waals surface area (Å²) in [5, 5.41) is 25.4. The Balaban J connectivity index is 1.54. The number of rotatable bonds is 3. The molecule has 4 heteroatoms. The van der Waals surface area contributed by atoms with Crippen LogP contribution in [0.1, 0.15) is 11.1 Å². The lowest BCUT2D eigenvalue weighted by Gasteiger charge is -2.17. The fraction of sp³-hybridized carbons (Fsp3) is 0. The Hall–Kier alpha value is -6.10. The molecule has 194 valence electrons. The van der Waals surface area contributed by atoms with Crippen molar-refractivity contribution in [2.45, 2.75) is 0 Å². The zero-order valence-corrected chi connectivity index (χ0v) is 22.3. The summed E-state index contributed by atoms with van der Waals surface area (Å²) in [5.74, 6) is 0. The van der Waals surface area contributed by atoms with Gasteiger partial charge in [-0.1, -0.05) is 103 Å². The molecule has 0 aliphatic carbocycles. The standard InChI is InChI=1S/C38H20N2O2/c39-21-32-30(23-10-2-1-3-11-23)20-31(28-16-8-14-26-24-12-4-6-18-34(24)41-37(26)28)33(22-40)36(32)29-17-9-15-27-25-13-5-7-19-35(25)42-38(27)29/h1-20H. The number of nitriles is 2. The van der Waals surface area contributed by atoms with E-state index in [-0.39, 0.29) is 0 Å². The average molecular weight is 537 g/mol.